The predicted molar refractivity (Wildman–Crippen MR) is 131 cm³/mol. The Morgan fingerprint density at radius 1 is 1.32 bits per heavy atom. The van der Waals surface area contributed by atoms with E-state index in [0.29, 0.717) is 5.25 Å². The Bertz CT molecular complexity index is 630. The van der Waals surface area contributed by atoms with E-state index < -0.39 is 0 Å². The van der Waals surface area contributed by atoms with Gasteiger partial charge in [0.15, 0.2) is 17.5 Å². The maximum absolute atomic E-state index is 5.47. The third-order valence-electron chi connectivity index (χ3n) is 4.97. The van der Waals surface area contributed by atoms with Gasteiger partial charge in [-0.3, -0.25) is 4.99 Å². The van der Waals surface area contributed by atoms with Crippen LogP contribution >= 0.6 is 35.7 Å². The first kappa shape index (κ1) is 25.2. The molecule has 0 spiro atoms. The summed E-state index contributed by atoms with van der Waals surface area (Å²) in [5.41, 5.74) is 1.18. The van der Waals surface area contributed by atoms with Crippen LogP contribution in [0.3, 0.4) is 0 Å². The maximum atomic E-state index is 5.47. The van der Waals surface area contributed by atoms with Gasteiger partial charge in [-0.05, 0) is 38.2 Å². The average molecular weight is 522 g/mol. The van der Waals surface area contributed by atoms with Crippen molar-refractivity contribution < 1.29 is 9.47 Å². The first-order valence-corrected chi connectivity index (χ1v) is 10.5. The molecule has 1 aromatic rings. The summed E-state index contributed by atoms with van der Waals surface area (Å²) in [4.78, 5) is 9.12. The highest BCUT2D eigenvalue weighted by Gasteiger charge is 2.23. The standard InChI is InChI=1S/C20H34N4O2S.HI/c1-7-16-14-24(10-11-27-16)20(21-2)22-13-17(23(3)4)15-8-9-18(25-5)19(12-15)26-6;/h8-9,12,16-17H,7,10-11,13-14H2,1-6H3,(H,21,22);1H. The first-order chi connectivity index (χ1) is 13.0. The van der Waals surface area contributed by atoms with E-state index >= 15 is 0 Å². The normalized spacial score (nSPS) is 18.5. The Morgan fingerprint density at radius 3 is 2.61 bits per heavy atom. The molecular weight excluding hydrogens is 487 g/mol. The molecule has 0 aromatic heterocycles. The molecule has 0 saturated carbocycles. The highest BCUT2D eigenvalue weighted by Crippen LogP contribution is 2.31. The van der Waals surface area contributed by atoms with Crippen LogP contribution in [0.2, 0.25) is 0 Å². The van der Waals surface area contributed by atoms with Gasteiger partial charge < -0.3 is 24.6 Å². The van der Waals surface area contributed by atoms with Gasteiger partial charge in [0, 0.05) is 37.7 Å². The van der Waals surface area contributed by atoms with Gasteiger partial charge in [-0.15, -0.1) is 24.0 Å². The number of aliphatic imine (C=N–C) groups is 1. The third-order valence-corrected chi connectivity index (χ3v) is 6.35. The molecule has 8 heteroatoms. The van der Waals surface area contributed by atoms with Gasteiger partial charge >= 0.3 is 0 Å². The van der Waals surface area contributed by atoms with Crippen molar-refractivity contribution in [3.8, 4) is 11.5 Å². The van der Waals surface area contributed by atoms with Crippen LogP contribution in [0.25, 0.3) is 0 Å². The van der Waals surface area contributed by atoms with Crippen LogP contribution in [0, 0.1) is 0 Å². The molecule has 2 rings (SSSR count). The zero-order valence-corrected chi connectivity index (χ0v) is 21.0. The number of thioether (sulfide) groups is 1. The predicted octanol–water partition coefficient (Wildman–Crippen LogP) is 3.33. The molecule has 2 atom stereocenters. The molecule has 2 unspecified atom stereocenters. The van der Waals surface area contributed by atoms with E-state index in [1.165, 1.54) is 12.0 Å². The van der Waals surface area contributed by atoms with E-state index in [9.17, 15) is 0 Å². The van der Waals surface area contributed by atoms with Gasteiger partial charge in [-0.25, -0.2) is 0 Å². The number of halogens is 1. The lowest BCUT2D eigenvalue weighted by Crippen LogP contribution is -2.49. The lowest BCUT2D eigenvalue weighted by Gasteiger charge is -2.35. The monoisotopic (exact) mass is 522 g/mol. The highest BCUT2D eigenvalue weighted by molar-refractivity contribution is 14.0. The summed E-state index contributed by atoms with van der Waals surface area (Å²) in [6.07, 6.45) is 1.20. The van der Waals surface area contributed by atoms with Crippen LogP contribution in [-0.2, 0) is 0 Å². The molecule has 0 amide bonds. The van der Waals surface area contributed by atoms with Gasteiger partial charge in [-0.2, -0.15) is 11.8 Å². The third kappa shape index (κ3) is 6.59. The molecule has 1 aromatic carbocycles. The zero-order chi connectivity index (χ0) is 19.8. The quantitative estimate of drug-likeness (QED) is 0.337. The Kier molecular flexibility index (Phi) is 11.4. The molecule has 0 radical (unpaired) electrons. The van der Waals surface area contributed by atoms with Crippen molar-refractivity contribution in [2.45, 2.75) is 24.6 Å². The molecule has 1 saturated heterocycles. The number of nitrogens with one attached hydrogen (secondary N) is 1. The molecule has 6 nitrogen and oxygen atoms in total. The Labute approximate surface area is 191 Å². The SMILES string of the molecule is CCC1CN(C(=NC)NCC(c2ccc(OC)c(OC)c2)N(C)C)CCS1.I. The second kappa shape index (κ2) is 12.6. The van der Waals surface area contributed by atoms with Crippen molar-refractivity contribution in [3.63, 3.8) is 0 Å². The van der Waals surface area contributed by atoms with E-state index in [1.807, 2.05) is 13.1 Å². The molecule has 1 fully saturated rings. The number of hydrogen-bond donors (Lipinski definition) is 1. The van der Waals surface area contributed by atoms with Gasteiger partial charge in [-0.1, -0.05) is 13.0 Å². The molecule has 28 heavy (non-hydrogen) atoms. The summed E-state index contributed by atoms with van der Waals surface area (Å²) >= 11 is 2.07. The Balaban J connectivity index is 0.00000392. The van der Waals surface area contributed by atoms with Crippen LogP contribution in [0.5, 0.6) is 11.5 Å². The minimum atomic E-state index is 0. The van der Waals surface area contributed by atoms with Crippen molar-refractivity contribution in [1.29, 1.82) is 0 Å². The number of likely N-dealkylation sites (N-methyl/N-ethyl adjacent to an activating group) is 1. The minimum Gasteiger partial charge on any atom is -0.493 e. The van der Waals surface area contributed by atoms with Crippen LogP contribution in [-0.4, -0.2) is 81.8 Å². The summed E-state index contributed by atoms with van der Waals surface area (Å²) < 4.78 is 10.8. The topological polar surface area (TPSA) is 49.3 Å². The number of methoxy groups -OCH3 is 2. The molecular formula is C20H35IN4O2S. The lowest BCUT2D eigenvalue weighted by atomic mass is 10.1. The fourth-order valence-corrected chi connectivity index (χ4v) is 4.52. The second-order valence-corrected chi connectivity index (χ2v) is 8.28. The lowest BCUT2D eigenvalue weighted by molar-refractivity contribution is 0.291. The minimum absolute atomic E-state index is 0. The highest BCUT2D eigenvalue weighted by atomic mass is 127. The first-order valence-electron chi connectivity index (χ1n) is 9.49. The van der Waals surface area contributed by atoms with E-state index in [4.69, 9.17) is 9.47 Å². The smallest absolute Gasteiger partial charge is 0.193 e. The summed E-state index contributed by atoms with van der Waals surface area (Å²) in [6.45, 7) is 5.14. The van der Waals surface area contributed by atoms with Crippen molar-refractivity contribution >= 4 is 41.7 Å². The van der Waals surface area contributed by atoms with Crippen LogP contribution in [0.15, 0.2) is 23.2 Å². The average Bonchev–Trinajstić information content (AvgIpc) is 2.70. The summed E-state index contributed by atoms with van der Waals surface area (Å²) in [6, 6.07) is 6.31. The number of benzene rings is 1. The Hall–Kier alpha value is -0.870. The number of ether oxygens (including phenoxy) is 2. The number of guanidine groups is 1. The number of rotatable bonds is 7. The van der Waals surface area contributed by atoms with Crippen LogP contribution in [0.4, 0.5) is 0 Å². The van der Waals surface area contributed by atoms with Crippen LogP contribution < -0.4 is 14.8 Å². The molecule has 1 heterocycles. The van der Waals surface area contributed by atoms with Crippen molar-refractivity contribution in [1.82, 2.24) is 15.1 Å². The van der Waals surface area contributed by atoms with Crippen LogP contribution in [0.1, 0.15) is 24.9 Å². The van der Waals surface area contributed by atoms with Gasteiger partial charge in [0.1, 0.15) is 0 Å². The zero-order valence-electron chi connectivity index (χ0n) is 17.9. The fourth-order valence-electron chi connectivity index (χ4n) is 3.34. The van der Waals surface area contributed by atoms with Crippen molar-refractivity contribution in [3.05, 3.63) is 23.8 Å². The molecule has 160 valence electrons. The van der Waals surface area contributed by atoms with Gasteiger partial charge in [0.05, 0.1) is 20.3 Å². The fraction of sp³-hybridized carbons (Fsp3) is 0.650. The van der Waals surface area contributed by atoms with E-state index in [2.05, 4.69) is 65.0 Å². The van der Waals surface area contributed by atoms with Gasteiger partial charge in [0.2, 0.25) is 0 Å². The summed E-state index contributed by atoms with van der Waals surface area (Å²) in [5.74, 6) is 3.65. The van der Waals surface area contributed by atoms with Gasteiger partial charge in [0.25, 0.3) is 0 Å². The molecule has 1 N–H and O–H groups in total. The molecule has 0 bridgehead atoms. The molecule has 1 aliphatic heterocycles. The molecule has 0 aliphatic carbocycles. The number of nitrogens with zero attached hydrogens (tertiary/aromatic N) is 3. The maximum Gasteiger partial charge on any atom is 0.193 e. The number of hydrogen-bond acceptors (Lipinski definition) is 5. The Morgan fingerprint density at radius 2 is 2.04 bits per heavy atom. The van der Waals surface area contributed by atoms with E-state index in [0.717, 1.165) is 42.8 Å². The van der Waals surface area contributed by atoms with E-state index in [1.54, 1.807) is 14.2 Å². The van der Waals surface area contributed by atoms with Crippen molar-refractivity contribution in [2.75, 3.05) is 60.7 Å². The van der Waals surface area contributed by atoms with Crippen molar-refractivity contribution in [2.24, 2.45) is 4.99 Å². The van der Waals surface area contributed by atoms with E-state index in [-0.39, 0.29) is 30.0 Å². The summed E-state index contributed by atoms with van der Waals surface area (Å²) in [5, 5.41) is 4.27. The largest absolute Gasteiger partial charge is 0.493 e. The molecule has 1 aliphatic rings. The summed E-state index contributed by atoms with van der Waals surface area (Å²) in [7, 11) is 9.39. The second-order valence-electron chi connectivity index (χ2n) is 6.87.